The molecule has 0 aliphatic carbocycles. The molecule has 0 radical (unpaired) electrons. The van der Waals surface area contributed by atoms with Crippen LogP contribution in [0, 0.1) is 23.1 Å². The molecule has 1 unspecified atom stereocenters. The summed E-state index contributed by atoms with van der Waals surface area (Å²) in [5.41, 5.74) is 1.10. The highest BCUT2D eigenvalue weighted by Gasteiger charge is 2.24. The normalized spacial score (nSPS) is 11.7. The molecule has 0 aliphatic rings. The van der Waals surface area contributed by atoms with Gasteiger partial charge in [0.1, 0.15) is 5.82 Å². The lowest BCUT2D eigenvalue weighted by atomic mass is 10.0. The lowest BCUT2D eigenvalue weighted by Gasteiger charge is -2.07. The summed E-state index contributed by atoms with van der Waals surface area (Å²) < 4.78 is 12.8. The average molecular weight is 308 g/mol. The Morgan fingerprint density at radius 2 is 1.74 bits per heavy atom. The number of halogens is 1. The largest absolute Gasteiger partial charge is 0.325 e. The first-order chi connectivity index (χ1) is 11.1. The molecule has 23 heavy (non-hydrogen) atoms. The SMILES string of the molecule is N#CC(C(=O)C=Cc1ccc(F)cc1)C(=O)Nc1ccccc1. The summed E-state index contributed by atoms with van der Waals surface area (Å²) in [6, 6.07) is 15.8. The maximum atomic E-state index is 12.8. The second-order valence-electron chi connectivity index (χ2n) is 4.70. The Morgan fingerprint density at radius 3 is 2.35 bits per heavy atom. The summed E-state index contributed by atoms with van der Waals surface area (Å²) in [7, 11) is 0. The third-order valence-electron chi connectivity index (χ3n) is 3.03. The van der Waals surface area contributed by atoms with Crippen LogP contribution < -0.4 is 5.32 Å². The van der Waals surface area contributed by atoms with E-state index in [4.69, 9.17) is 5.26 Å². The topological polar surface area (TPSA) is 70.0 Å². The fraction of sp³-hybridized carbons (Fsp3) is 0.0556. The number of allylic oxidation sites excluding steroid dienone is 1. The maximum absolute atomic E-state index is 12.8. The molecule has 0 saturated carbocycles. The van der Waals surface area contributed by atoms with Crippen molar-refractivity contribution in [2.24, 2.45) is 5.92 Å². The predicted octanol–water partition coefficient (Wildman–Crippen LogP) is 3.19. The Hall–Kier alpha value is -3.26. The molecular formula is C18H13FN2O2. The minimum atomic E-state index is -1.44. The van der Waals surface area contributed by atoms with Crippen LogP contribution in [0.4, 0.5) is 10.1 Å². The van der Waals surface area contributed by atoms with Crippen LogP contribution in [0.25, 0.3) is 6.08 Å². The van der Waals surface area contributed by atoms with Crippen molar-refractivity contribution in [1.82, 2.24) is 0 Å². The van der Waals surface area contributed by atoms with E-state index in [0.717, 1.165) is 6.08 Å². The average Bonchev–Trinajstić information content (AvgIpc) is 2.56. The number of benzene rings is 2. The van der Waals surface area contributed by atoms with E-state index in [1.165, 1.54) is 30.3 Å². The number of para-hydroxylation sites is 1. The van der Waals surface area contributed by atoms with Crippen molar-refractivity contribution >= 4 is 23.5 Å². The fourth-order valence-corrected chi connectivity index (χ4v) is 1.84. The van der Waals surface area contributed by atoms with Gasteiger partial charge in [0.05, 0.1) is 6.07 Å². The molecule has 0 bridgehead atoms. The van der Waals surface area contributed by atoms with Gasteiger partial charge in [-0.05, 0) is 35.9 Å². The molecule has 114 valence electrons. The zero-order chi connectivity index (χ0) is 16.7. The predicted molar refractivity (Wildman–Crippen MR) is 84.6 cm³/mol. The summed E-state index contributed by atoms with van der Waals surface area (Å²) >= 11 is 0. The van der Waals surface area contributed by atoms with Crippen molar-refractivity contribution in [3.63, 3.8) is 0 Å². The molecule has 2 aromatic carbocycles. The zero-order valence-corrected chi connectivity index (χ0v) is 12.1. The third-order valence-corrected chi connectivity index (χ3v) is 3.03. The Kier molecular flexibility index (Phi) is 5.37. The van der Waals surface area contributed by atoms with E-state index in [1.807, 2.05) is 0 Å². The van der Waals surface area contributed by atoms with E-state index in [0.29, 0.717) is 11.3 Å². The van der Waals surface area contributed by atoms with Crippen LogP contribution in [0.5, 0.6) is 0 Å². The number of anilines is 1. The summed E-state index contributed by atoms with van der Waals surface area (Å²) in [6.45, 7) is 0. The smallest absolute Gasteiger partial charge is 0.249 e. The minimum Gasteiger partial charge on any atom is -0.325 e. The monoisotopic (exact) mass is 308 g/mol. The Balaban J connectivity index is 2.05. The number of nitrogens with one attached hydrogen (secondary N) is 1. The van der Waals surface area contributed by atoms with E-state index < -0.39 is 17.6 Å². The second kappa shape index (κ2) is 7.66. The highest BCUT2D eigenvalue weighted by Crippen LogP contribution is 2.10. The lowest BCUT2D eigenvalue weighted by Crippen LogP contribution is -2.27. The molecule has 4 nitrogen and oxygen atoms in total. The van der Waals surface area contributed by atoms with Crippen LogP contribution in [0.15, 0.2) is 60.7 Å². The minimum absolute atomic E-state index is 0.384. The summed E-state index contributed by atoms with van der Waals surface area (Å²) in [4.78, 5) is 24.0. The van der Waals surface area contributed by atoms with Gasteiger partial charge in [-0.3, -0.25) is 9.59 Å². The van der Waals surface area contributed by atoms with Gasteiger partial charge in [0, 0.05) is 5.69 Å². The number of nitrogens with zero attached hydrogens (tertiary/aromatic N) is 1. The summed E-state index contributed by atoms with van der Waals surface area (Å²) in [6.07, 6.45) is 2.58. The Morgan fingerprint density at radius 1 is 1.09 bits per heavy atom. The van der Waals surface area contributed by atoms with Gasteiger partial charge in [-0.25, -0.2) is 4.39 Å². The standard InChI is InChI=1S/C18H13FN2O2/c19-14-9-6-13(7-10-14)8-11-17(22)16(12-20)18(23)21-15-4-2-1-3-5-15/h1-11,16H,(H,21,23). The van der Waals surface area contributed by atoms with Gasteiger partial charge >= 0.3 is 0 Å². The Bertz CT molecular complexity index is 762. The highest BCUT2D eigenvalue weighted by atomic mass is 19.1. The van der Waals surface area contributed by atoms with Crippen molar-refractivity contribution in [2.45, 2.75) is 0 Å². The van der Waals surface area contributed by atoms with Gasteiger partial charge in [0.2, 0.25) is 5.91 Å². The summed E-state index contributed by atoms with van der Waals surface area (Å²) in [5, 5.41) is 11.6. The van der Waals surface area contributed by atoms with Gasteiger partial charge in [0.25, 0.3) is 0 Å². The van der Waals surface area contributed by atoms with Crippen LogP contribution in [0.3, 0.4) is 0 Å². The van der Waals surface area contributed by atoms with Crippen LogP contribution in [-0.2, 0) is 9.59 Å². The molecule has 0 saturated heterocycles. The number of rotatable bonds is 5. The molecule has 1 N–H and O–H groups in total. The van der Waals surface area contributed by atoms with E-state index >= 15 is 0 Å². The van der Waals surface area contributed by atoms with Crippen LogP contribution >= 0.6 is 0 Å². The zero-order valence-electron chi connectivity index (χ0n) is 12.1. The number of ketones is 1. The van der Waals surface area contributed by atoms with Crippen molar-refractivity contribution in [1.29, 1.82) is 5.26 Å². The molecule has 2 rings (SSSR count). The van der Waals surface area contributed by atoms with E-state index in [9.17, 15) is 14.0 Å². The summed E-state index contributed by atoms with van der Waals surface area (Å²) in [5.74, 6) is -3.14. The molecule has 0 heterocycles. The molecule has 0 aromatic heterocycles. The quantitative estimate of drug-likeness (QED) is 0.681. The number of nitriles is 1. The molecule has 1 amide bonds. The van der Waals surface area contributed by atoms with E-state index in [2.05, 4.69) is 5.32 Å². The number of amides is 1. The highest BCUT2D eigenvalue weighted by molar-refractivity contribution is 6.14. The first-order valence-electron chi connectivity index (χ1n) is 6.83. The van der Waals surface area contributed by atoms with E-state index in [1.54, 1.807) is 36.4 Å². The van der Waals surface area contributed by atoms with Crippen molar-refractivity contribution in [3.8, 4) is 6.07 Å². The molecule has 0 aliphatic heterocycles. The van der Waals surface area contributed by atoms with Crippen LogP contribution in [0.2, 0.25) is 0 Å². The van der Waals surface area contributed by atoms with Crippen molar-refractivity contribution in [2.75, 3.05) is 5.32 Å². The first-order valence-corrected chi connectivity index (χ1v) is 6.83. The molecule has 0 spiro atoms. The van der Waals surface area contributed by atoms with Crippen LogP contribution in [-0.4, -0.2) is 11.7 Å². The van der Waals surface area contributed by atoms with Crippen molar-refractivity contribution in [3.05, 3.63) is 72.1 Å². The number of hydrogen-bond donors (Lipinski definition) is 1. The number of carbonyl (C=O) groups excluding carboxylic acids is 2. The van der Waals surface area contributed by atoms with Gasteiger partial charge in [-0.15, -0.1) is 0 Å². The maximum Gasteiger partial charge on any atom is 0.249 e. The third kappa shape index (κ3) is 4.61. The number of hydrogen-bond acceptors (Lipinski definition) is 3. The van der Waals surface area contributed by atoms with Gasteiger partial charge < -0.3 is 5.32 Å². The van der Waals surface area contributed by atoms with Crippen LogP contribution in [0.1, 0.15) is 5.56 Å². The first kappa shape index (κ1) is 16.1. The molecular weight excluding hydrogens is 295 g/mol. The van der Waals surface area contributed by atoms with Gasteiger partial charge in [0.15, 0.2) is 11.7 Å². The fourth-order valence-electron chi connectivity index (χ4n) is 1.84. The molecule has 0 fully saturated rings. The second-order valence-corrected chi connectivity index (χ2v) is 4.70. The lowest BCUT2D eigenvalue weighted by molar-refractivity contribution is -0.126. The number of carbonyl (C=O) groups is 2. The molecule has 5 heteroatoms. The Labute approximate surface area is 132 Å². The van der Waals surface area contributed by atoms with Gasteiger partial charge in [-0.2, -0.15) is 5.26 Å². The van der Waals surface area contributed by atoms with Gasteiger partial charge in [-0.1, -0.05) is 36.4 Å². The van der Waals surface area contributed by atoms with E-state index in [-0.39, 0.29) is 5.82 Å². The molecule has 2 aromatic rings. The van der Waals surface area contributed by atoms with Crippen molar-refractivity contribution < 1.29 is 14.0 Å². The molecule has 1 atom stereocenters.